The molecule has 0 saturated carbocycles. The summed E-state index contributed by atoms with van der Waals surface area (Å²) in [5.41, 5.74) is 8.99. The average molecular weight is 437 g/mol. The second-order valence-corrected chi connectivity index (χ2v) is 8.02. The third kappa shape index (κ3) is 4.44. The van der Waals surface area contributed by atoms with Crippen molar-refractivity contribution in [1.82, 2.24) is 4.90 Å². The van der Waals surface area contributed by atoms with Crippen molar-refractivity contribution in [2.24, 2.45) is 5.73 Å². The first-order chi connectivity index (χ1) is 16.2. The fraction of sp³-hybridized carbons (Fsp3) is 0.138. The number of carbonyl (C=O) groups is 1. The minimum absolute atomic E-state index is 0.392. The molecule has 0 aromatic heterocycles. The topological polar surface area (TPSA) is 66.6 Å². The van der Waals surface area contributed by atoms with Crippen LogP contribution in [-0.4, -0.2) is 28.6 Å². The highest BCUT2D eigenvalue weighted by atomic mass is 16.3. The maximum Gasteiger partial charge on any atom is 0.237 e. The number of carbonyl (C=O) groups excluding carboxylic acids is 1. The largest absolute Gasteiger partial charge is 0.394 e. The summed E-state index contributed by atoms with van der Waals surface area (Å²) in [6.45, 7) is 0.0180. The number of primary amides is 1. The van der Waals surface area contributed by atoms with Crippen LogP contribution in [-0.2, 0) is 16.9 Å². The van der Waals surface area contributed by atoms with Crippen LogP contribution in [0.1, 0.15) is 22.3 Å². The van der Waals surface area contributed by atoms with Crippen molar-refractivity contribution < 1.29 is 9.90 Å². The van der Waals surface area contributed by atoms with E-state index in [9.17, 15) is 9.90 Å². The number of aliphatic hydroxyl groups is 1. The molecule has 0 unspecified atom stereocenters. The van der Waals surface area contributed by atoms with E-state index in [-0.39, 0.29) is 0 Å². The van der Waals surface area contributed by atoms with Gasteiger partial charge in [0.2, 0.25) is 5.91 Å². The van der Waals surface area contributed by atoms with E-state index >= 15 is 0 Å². The summed E-state index contributed by atoms with van der Waals surface area (Å²) in [4.78, 5) is 14.8. The number of hydrogen-bond acceptors (Lipinski definition) is 3. The van der Waals surface area contributed by atoms with Crippen LogP contribution in [0.15, 0.2) is 121 Å². The summed E-state index contributed by atoms with van der Waals surface area (Å²) in [6.07, 6.45) is 0. The lowest BCUT2D eigenvalue weighted by atomic mass is 9.74. The summed E-state index contributed by atoms with van der Waals surface area (Å²) < 4.78 is 0. The lowest BCUT2D eigenvalue weighted by Crippen LogP contribution is -2.57. The van der Waals surface area contributed by atoms with Crippen molar-refractivity contribution in [3.63, 3.8) is 0 Å². The predicted molar refractivity (Wildman–Crippen MR) is 131 cm³/mol. The van der Waals surface area contributed by atoms with E-state index in [1.54, 1.807) is 0 Å². The highest BCUT2D eigenvalue weighted by Crippen LogP contribution is 2.44. The minimum atomic E-state index is -0.911. The molecule has 4 aromatic rings. The highest BCUT2D eigenvalue weighted by Gasteiger charge is 2.46. The van der Waals surface area contributed by atoms with Gasteiger partial charge >= 0.3 is 0 Å². The van der Waals surface area contributed by atoms with Gasteiger partial charge in [0.1, 0.15) is 6.04 Å². The number of aliphatic hydroxyl groups excluding tert-OH is 1. The van der Waals surface area contributed by atoms with Gasteiger partial charge in [0.25, 0.3) is 0 Å². The van der Waals surface area contributed by atoms with Crippen LogP contribution in [0.2, 0.25) is 0 Å². The summed E-state index contributed by atoms with van der Waals surface area (Å²) >= 11 is 0. The van der Waals surface area contributed by atoms with Gasteiger partial charge in [-0.25, -0.2) is 0 Å². The predicted octanol–water partition coefficient (Wildman–Crippen LogP) is 4.33. The maximum absolute atomic E-state index is 12.7. The van der Waals surface area contributed by atoms with Gasteiger partial charge in [-0.3, -0.25) is 9.69 Å². The van der Waals surface area contributed by atoms with Gasteiger partial charge in [0.15, 0.2) is 0 Å². The van der Waals surface area contributed by atoms with E-state index in [0.29, 0.717) is 6.54 Å². The Labute approximate surface area is 194 Å². The molecule has 4 nitrogen and oxygen atoms in total. The monoisotopic (exact) mass is 436 g/mol. The first kappa shape index (κ1) is 22.5. The Morgan fingerprint density at radius 1 is 0.697 bits per heavy atom. The molecule has 3 N–H and O–H groups in total. The molecule has 0 bridgehead atoms. The van der Waals surface area contributed by atoms with Crippen molar-refractivity contribution in [3.05, 3.63) is 144 Å². The minimum Gasteiger partial charge on any atom is -0.394 e. The molecule has 4 heteroatoms. The normalized spacial score (nSPS) is 12.4. The highest BCUT2D eigenvalue weighted by molar-refractivity contribution is 5.80. The van der Waals surface area contributed by atoms with Crippen LogP contribution in [0.5, 0.6) is 0 Å². The second-order valence-electron chi connectivity index (χ2n) is 8.02. The lowest BCUT2D eigenvalue weighted by molar-refractivity contribution is -0.127. The Balaban J connectivity index is 2.08. The van der Waals surface area contributed by atoms with Crippen molar-refractivity contribution >= 4 is 5.91 Å². The van der Waals surface area contributed by atoms with Crippen LogP contribution >= 0.6 is 0 Å². The summed E-state index contributed by atoms with van der Waals surface area (Å²) in [7, 11) is 0. The zero-order valence-electron chi connectivity index (χ0n) is 18.4. The van der Waals surface area contributed by atoms with Crippen LogP contribution in [0, 0.1) is 0 Å². The first-order valence-corrected chi connectivity index (χ1v) is 11.1. The smallest absolute Gasteiger partial charge is 0.237 e. The Morgan fingerprint density at radius 2 is 1.06 bits per heavy atom. The molecular weight excluding hydrogens is 408 g/mol. The molecule has 1 atom stereocenters. The summed E-state index contributed by atoms with van der Waals surface area (Å²) in [5.74, 6) is -0.569. The van der Waals surface area contributed by atoms with Gasteiger partial charge in [0.05, 0.1) is 12.1 Å². The number of nitrogens with zero attached hydrogens (tertiary/aromatic N) is 1. The third-order valence-electron chi connectivity index (χ3n) is 6.08. The van der Waals surface area contributed by atoms with Crippen molar-refractivity contribution in [2.45, 2.75) is 18.1 Å². The van der Waals surface area contributed by atoms with Gasteiger partial charge in [-0.2, -0.15) is 0 Å². The van der Waals surface area contributed by atoms with Gasteiger partial charge in [0, 0.05) is 6.54 Å². The zero-order valence-corrected chi connectivity index (χ0v) is 18.4. The number of benzene rings is 4. The lowest BCUT2D eigenvalue weighted by Gasteiger charge is -2.48. The van der Waals surface area contributed by atoms with Crippen LogP contribution < -0.4 is 5.73 Å². The average Bonchev–Trinajstić information content (AvgIpc) is 2.87. The van der Waals surface area contributed by atoms with Gasteiger partial charge in [-0.05, 0) is 22.3 Å². The quantitative estimate of drug-likeness (QED) is 0.384. The maximum atomic E-state index is 12.7. The third-order valence-corrected chi connectivity index (χ3v) is 6.08. The standard InChI is InChI=1S/C29H28N2O2/c30-28(33)27(22-32)31(21-23-13-5-1-6-14-23)29(24-15-7-2-8-16-24,25-17-9-3-10-18-25)26-19-11-4-12-20-26/h1-20,27,32H,21-22H2,(H2,30,33)/t27-/m1/s1. The Kier molecular flexibility index (Phi) is 6.98. The fourth-order valence-electron chi connectivity index (χ4n) is 4.62. The number of hydrogen-bond donors (Lipinski definition) is 2. The second kappa shape index (κ2) is 10.3. The van der Waals surface area contributed by atoms with E-state index in [1.165, 1.54) is 0 Å². The molecule has 33 heavy (non-hydrogen) atoms. The molecule has 0 fully saturated rings. The van der Waals surface area contributed by atoms with Crippen LogP contribution in [0.25, 0.3) is 0 Å². The molecule has 0 aliphatic carbocycles. The number of nitrogens with two attached hydrogens (primary N) is 1. The van der Waals surface area contributed by atoms with Crippen molar-refractivity contribution in [1.29, 1.82) is 0 Å². The molecular formula is C29H28N2O2. The first-order valence-electron chi connectivity index (χ1n) is 11.1. The molecule has 4 rings (SSSR count). The van der Waals surface area contributed by atoms with Gasteiger partial charge < -0.3 is 10.8 Å². The molecule has 4 aromatic carbocycles. The SMILES string of the molecule is NC(=O)[C@@H](CO)N(Cc1ccccc1)C(c1ccccc1)(c1ccccc1)c1ccccc1. The molecule has 0 spiro atoms. The van der Waals surface area contributed by atoms with E-state index in [2.05, 4.69) is 36.4 Å². The van der Waals surface area contributed by atoms with E-state index in [4.69, 9.17) is 5.73 Å². The van der Waals surface area contributed by atoms with Crippen LogP contribution in [0.3, 0.4) is 0 Å². The molecule has 0 aliphatic heterocycles. The van der Waals surface area contributed by atoms with E-state index in [1.807, 2.05) is 89.8 Å². The Hall–Kier alpha value is -3.73. The van der Waals surface area contributed by atoms with E-state index < -0.39 is 24.1 Å². The fourth-order valence-corrected chi connectivity index (χ4v) is 4.62. The van der Waals surface area contributed by atoms with Crippen LogP contribution in [0.4, 0.5) is 0 Å². The Morgan fingerprint density at radius 3 is 1.39 bits per heavy atom. The summed E-state index contributed by atoms with van der Waals surface area (Å²) in [5, 5.41) is 10.4. The molecule has 0 saturated heterocycles. The molecule has 0 heterocycles. The van der Waals surface area contributed by atoms with E-state index in [0.717, 1.165) is 22.3 Å². The van der Waals surface area contributed by atoms with Crippen molar-refractivity contribution in [3.8, 4) is 0 Å². The van der Waals surface area contributed by atoms with Crippen molar-refractivity contribution in [2.75, 3.05) is 6.61 Å². The molecule has 0 radical (unpaired) electrons. The molecule has 166 valence electrons. The molecule has 1 amide bonds. The summed E-state index contributed by atoms with van der Waals surface area (Å²) in [6, 6.07) is 39.3. The van der Waals surface area contributed by atoms with Gasteiger partial charge in [-0.15, -0.1) is 0 Å². The Bertz CT molecular complexity index is 1050. The number of rotatable bonds is 9. The zero-order chi connectivity index (χ0) is 23.1. The van der Waals surface area contributed by atoms with Gasteiger partial charge in [-0.1, -0.05) is 121 Å². The molecule has 0 aliphatic rings. The number of amides is 1.